The van der Waals surface area contributed by atoms with Gasteiger partial charge in [0.2, 0.25) is 0 Å². The van der Waals surface area contributed by atoms with E-state index in [0.717, 1.165) is 42.9 Å². The zero-order chi connectivity index (χ0) is 17.2. The lowest BCUT2D eigenvalue weighted by Gasteiger charge is -2.57. The molecule has 5 rings (SSSR count). The first-order valence-corrected chi connectivity index (χ1v) is 10.4. The van der Waals surface area contributed by atoms with Crippen molar-refractivity contribution in [1.29, 1.82) is 5.41 Å². The average molecular weight is 338 g/mol. The molecule has 2 heteroatoms. The highest BCUT2D eigenvalue weighted by Crippen LogP contribution is 2.68. The number of fused-ring (bicyclic) bond motifs is 6. The third kappa shape index (κ3) is 1.98. The number of allylic oxidation sites excluding steroid dienone is 3. The van der Waals surface area contributed by atoms with Crippen LogP contribution in [0.15, 0.2) is 36.0 Å². The molecule has 3 saturated carbocycles. The van der Waals surface area contributed by atoms with Crippen molar-refractivity contribution >= 4 is 5.71 Å². The van der Waals surface area contributed by atoms with E-state index in [2.05, 4.69) is 31.7 Å². The molecule has 1 N–H and O–H groups in total. The van der Waals surface area contributed by atoms with Crippen LogP contribution in [0.3, 0.4) is 0 Å². The van der Waals surface area contributed by atoms with Gasteiger partial charge in [0.1, 0.15) is 0 Å². The van der Waals surface area contributed by atoms with Crippen LogP contribution in [-0.4, -0.2) is 17.9 Å². The van der Waals surface area contributed by atoms with E-state index in [1.54, 1.807) is 0 Å². The third-order valence-electron chi connectivity index (χ3n) is 8.69. The Morgan fingerprint density at radius 3 is 2.88 bits per heavy atom. The number of hydrogen-bond acceptors (Lipinski definition) is 2. The Kier molecular flexibility index (Phi) is 3.48. The van der Waals surface area contributed by atoms with Gasteiger partial charge in [0, 0.05) is 11.1 Å². The smallest absolute Gasteiger partial charge is 0.0926 e. The predicted molar refractivity (Wildman–Crippen MR) is 102 cm³/mol. The molecule has 3 unspecified atom stereocenters. The van der Waals surface area contributed by atoms with Gasteiger partial charge in [-0.1, -0.05) is 31.2 Å². The molecule has 5 aliphatic rings. The van der Waals surface area contributed by atoms with Crippen molar-refractivity contribution < 1.29 is 4.74 Å². The van der Waals surface area contributed by atoms with E-state index in [0.29, 0.717) is 11.3 Å². The largest absolute Gasteiger partial charge is 0.366 e. The molecule has 0 radical (unpaired) electrons. The minimum Gasteiger partial charge on any atom is -0.366 e. The third-order valence-corrected chi connectivity index (χ3v) is 8.69. The SMILES string of the molecule is C=C1CC2C(CC[C@@]3(CC)C2CC[C@@]32C=CCO2)[C@H]2CCC(=N)C=C12. The van der Waals surface area contributed by atoms with Crippen LogP contribution in [0.2, 0.25) is 0 Å². The summed E-state index contributed by atoms with van der Waals surface area (Å²) in [6.45, 7) is 7.68. The lowest BCUT2D eigenvalue weighted by molar-refractivity contribution is -0.120. The molecule has 0 aromatic rings. The van der Waals surface area contributed by atoms with Crippen molar-refractivity contribution in [2.45, 2.75) is 63.9 Å². The predicted octanol–water partition coefficient (Wildman–Crippen LogP) is 5.46. The van der Waals surface area contributed by atoms with Gasteiger partial charge in [0.05, 0.1) is 12.2 Å². The fourth-order valence-electron chi connectivity index (χ4n) is 7.69. The van der Waals surface area contributed by atoms with E-state index >= 15 is 0 Å². The van der Waals surface area contributed by atoms with Gasteiger partial charge in [0.25, 0.3) is 0 Å². The first kappa shape index (κ1) is 16.1. The molecule has 0 saturated heterocycles. The zero-order valence-electron chi connectivity index (χ0n) is 15.5. The van der Waals surface area contributed by atoms with Crippen molar-refractivity contribution in [2.24, 2.45) is 29.1 Å². The lowest BCUT2D eigenvalue weighted by Crippen LogP contribution is -2.53. The molecule has 1 aliphatic heterocycles. The van der Waals surface area contributed by atoms with Crippen LogP contribution < -0.4 is 0 Å². The summed E-state index contributed by atoms with van der Waals surface area (Å²) in [7, 11) is 0. The Hall–Kier alpha value is -1.15. The van der Waals surface area contributed by atoms with Crippen molar-refractivity contribution in [3.8, 4) is 0 Å². The van der Waals surface area contributed by atoms with Crippen LogP contribution in [-0.2, 0) is 4.74 Å². The summed E-state index contributed by atoms with van der Waals surface area (Å²) in [6.07, 6.45) is 16.6. The molecule has 25 heavy (non-hydrogen) atoms. The molecular weight excluding hydrogens is 306 g/mol. The highest BCUT2D eigenvalue weighted by Gasteiger charge is 2.64. The monoisotopic (exact) mass is 337 g/mol. The Bertz CT molecular complexity index is 688. The standard InChI is InChI=1S/C23H31NO/c1-3-22-10-7-18-17-6-5-16(24)14-19(17)15(2)13-20(18)21(22)8-11-23(22)9-4-12-25-23/h4,9,14,17-18,20-21,24H,2-3,5-8,10-13H2,1H3/t17-,18?,20?,21?,22+,23+/m1/s1. The van der Waals surface area contributed by atoms with Crippen molar-refractivity contribution in [3.05, 3.63) is 36.0 Å². The average Bonchev–Trinajstić information content (AvgIpc) is 3.22. The molecule has 2 nitrogen and oxygen atoms in total. The highest BCUT2D eigenvalue weighted by atomic mass is 16.5. The summed E-state index contributed by atoms with van der Waals surface area (Å²) < 4.78 is 6.42. The zero-order valence-corrected chi connectivity index (χ0v) is 15.5. The Balaban J connectivity index is 1.52. The van der Waals surface area contributed by atoms with Gasteiger partial charge in [-0.15, -0.1) is 0 Å². The molecule has 1 heterocycles. The van der Waals surface area contributed by atoms with Gasteiger partial charge in [-0.2, -0.15) is 0 Å². The summed E-state index contributed by atoms with van der Waals surface area (Å²) in [5.41, 5.74) is 3.97. The van der Waals surface area contributed by atoms with Crippen LogP contribution in [0.4, 0.5) is 0 Å². The molecule has 3 fully saturated rings. The molecule has 1 spiro atoms. The molecule has 0 aromatic heterocycles. The van der Waals surface area contributed by atoms with Gasteiger partial charge < -0.3 is 10.1 Å². The first-order chi connectivity index (χ1) is 12.1. The number of rotatable bonds is 1. The normalized spacial score (nSPS) is 48.3. The summed E-state index contributed by atoms with van der Waals surface area (Å²) in [6, 6.07) is 0. The molecule has 0 aromatic carbocycles. The minimum absolute atomic E-state index is 0.0313. The van der Waals surface area contributed by atoms with Crippen LogP contribution in [0, 0.1) is 34.5 Å². The quantitative estimate of drug-likeness (QED) is 0.633. The van der Waals surface area contributed by atoms with Gasteiger partial charge in [-0.25, -0.2) is 0 Å². The van der Waals surface area contributed by atoms with E-state index < -0.39 is 0 Å². The Labute approximate surface area is 151 Å². The highest BCUT2D eigenvalue weighted by molar-refractivity contribution is 5.94. The van der Waals surface area contributed by atoms with Crippen LogP contribution in [0.1, 0.15) is 58.3 Å². The van der Waals surface area contributed by atoms with Crippen LogP contribution in [0.25, 0.3) is 0 Å². The second-order valence-electron chi connectivity index (χ2n) is 9.20. The maximum atomic E-state index is 8.08. The van der Waals surface area contributed by atoms with Crippen LogP contribution >= 0.6 is 0 Å². The summed E-state index contributed by atoms with van der Waals surface area (Å²) >= 11 is 0. The fourth-order valence-corrected chi connectivity index (χ4v) is 7.69. The molecule has 4 aliphatic carbocycles. The topological polar surface area (TPSA) is 33.1 Å². The fraction of sp³-hybridized carbons (Fsp3) is 0.696. The second-order valence-corrected chi connectivity index (χ2v) is 9.20. The molecule has 6 atom stereocenters. The number of hydrogen-bond donors (Lipinski definition) is 1. The molecule has 0 bridgehead atoms. The molecular formula is C23H31NO. The first-order valence-electron chi connectivity index (χ1n) is 10.4. The Morgan fingerprint density at radius 1 is 1.24 bits per heavy atom. The second kappa shape index (κ2) is 5.42. The van der Waals surface area contributed by atoms with Crippen molar-refractivity contribution in [2.75, 3.05) is 6.61 Å². The summed E-state index contributed by atoms with van der Waals surface area (Å²) in [5, 5.41) is 8.08. The minimum atomic E-state index is 0.0313. The maximum absolute atomic E-state index is 8.08. The van der Waals surface area contributed by atoms with Gasteiger partial charge in [-0.05, 0) is 86.7 Å². The summed E-state index contributed by atoms with van der Waals surface area (Å²) in [4.78, 5) is 0. The van der Waals surface area contributed by atoms with E-state index in [9.17, 15) is 0 Å². The van der Waals surface area contributed by atoms with E-state index in [4.69, 9.17) is 10.1 Å². The van der Waals surface area contributed by atoms with Gasteiger partial charge >= 0.3 is 0 Å². The van der Waals surface area contributed by atoms with Gasteiger partial charge in [0.15, 0.2) is 0 Å². The van der Waals surface area contributed by atoms with Crippen molar-refractivity contribution in [1.82, 2.24) is 0 Å². The van der Waals surface area contributed by atoms with Crippen LogP contribution in [0.5, 0.6) is 0 Å². The van der Waals surface area contributed by atoms with E-state index in [-0.39, 0.29) is 5.60 Å². The Morgan fingerprint density at radius 2 is 2.12 bits per heavy atom. The lowest BCUT2D eigenvalue weighted by atomic mass is 9.49. The molecule has 0 amide bonds. The van der Waals surface area contributed by atoms with Crippen molar-refractivity contribution in [3.63, 3.8) is 0 Å². The number of nitrogens with one attached hydrogen (secondary N) is 1. The molecule has 134 valence electrons. The van der Waals surface area contributed by atoms with E-state index in [1.165, 1.54) is 49.7 Å². The van der Waals surface area contributed by atoms with Gasteiger partial charge in [-0.3, -0.25) is 0 Å². The number of ether oxygens (including phenoxy) is 1. The van der Waals surface area contributed by atoms with E-state index in [1.807, 2.05) is 0 Å². The maximum Gasteiger partial charge on any atom is 0.0926 e. The summed E-state index contributed by atoms with van der Waals surface area (Å²) in [5.74, 6) is 3.06.